The van der Waals surface area contributed by atoms with Crippen molar-refractivity contribution in [3.63, 3.8) is 0 Å². The molecule has 11 amide bonds. The summed E-state index contributed by atoms with van der Waals surface area (Å²) in [6, 6.07) is -7.17. The first-order valence-corrected chi connectivity index (χ1v) is 18.5. The summed E-state index contributed by atoms with van der Waals surface area (Å²) in [4.78, 5) is 150. The zero-order valence-corrected chi connectivity index (χ0v) is 33.1. The smallest absolute Gasteiger partial charge is 0.331 e. The van der Waals surface area contributed by atoms with Crippen LogP contribution in [0.1, 0.15) is 61.6 Å². The minimum Gasteiger partial charge on any atom is -0.462 e. The van der Waals surface area contributed by atoms with Gasteiger partial charge >= 0.3 is 17.8 Å². The van der Waals surface area contributed by atoms with Crippen LogP contribution in [0.4, 0.5) is 0 Å². The Morgan fingerprint density at radius 1 is 0.833 bits per heavy atom. The first kappa shape index (κ1) is 46.4. The molecular weight excluding hydrogens is 804 g/mol. The van der Waals surface area contributed by atoms with Crippen molar-refractivity contribution >= 4 is 70.9 Å². The van der Waals surface area contributed by atoms with Gasteiger partial charge in [0.1, 0.15) is 67.3 Å². The number of piperidine rings is 1. The van der Waals surface area contributed by atoms with E-state index in [-0.39, 0.29) is 19.4 Å². The zero-order chi connectivity index (χ0) is 46.3. The summed E-state index contributed by atoms with van der Waals surface area (Å²) in [6.45, 7) is 4.45. The van der Waals surface area contributed by atoms with Gasteiger partial charge in [-0.2, -0.15) is 0 Å². The second kappa shape index (κ2) is 20.1. The molecule has 0 bridgehead atoms. The number of nitrogens with two attached hydrogens (primary N) is 1. The maximum absolute atomic E-state index is 13.1. The molecule has 3 heterocycles. The fraction of sp³-hybridized carbons (Fsp3) is 0.647. The number of amides is 11. The zero-order valence-electron chi connectivity index (χ0n) is 34.1. The van der Waals surface area contributed by atoms with Crippen molar-refractivity contribution in [2.45, 2.75) is 121 Å². The summed E-state index contributed by atoms with van der Waals surface area (Å²) in [7, 11) is 0. The van der Waals surface area contributed by atoms with Crippen molar-refractivity contribution in [1.82, 2.24) is 47.0 Å². The molecule has 0 saturated carbocycles. The molecule has 26 heteroatoms. The first-order chi connectivity index (χ1) is 28.3. The van der Waals surface area contributed by atoms with E-state index in [1.54, 1.807) is 0 Å². The van der Waals surface area contributed by atoms with Crippen LogP contribution in [0, 0.1) is 0 Å². The molecule has 0 spiro atoms. The van der Waals surface area contributed by atoms with E-state index in [9.17, 15) is 72.9 Å². The Labute approximate surface area is 342 Å². The fourth-order valence-corrected chi connectivity index (χ4v) is 5.95. The van der Waals surface area contributed by atoms with E-state index in [0.29, 0.717) is 4.90 Å². The highest BCUT2D eigenvalue weighted by molar-refractivity contribution is 6.37. The fourth-order valence-electron chi connectivity index (χ4n) is 5.95. The normalized spacial score (nSPS) is 24.7. The highest BCUT2D eigenvalue weighted by atomic mass is 16.5. The van der Waals surface area contributed by atoms with E-state index < -0.39 is 157 Å². The second-order valence-corrected chi connectivity index (χ2v) is 14.7. The second-order valence-electron chi connectivity index (χ2n) is 14.7. The summed E-state index contributed by atoms with van der Waals surface area (Å²) in [5, 5.41) is 46.8. The third-order valence-corrected chi connectivity index (χ3v) is 9.42. The average molecular weight is 857 g/mol. The van der Waals surface area contributed by atoms with Gasteiger partial charge in [-0.3, -0.25) is 57.6 Å². The molecule has 12 N–H and O–H groups in total. The van der Waals surface area contributed by atoms with Gasteiger partial charge in [-0.25, -0.2) is 4.79 Å². The first-order valence-electron chi connectivity index (χ1n) is 19.0. The molecule has 26 nitrogen and oxygen atoms in total. The van der Waals surface area contributed by atoms with Gasteiger partial charge in [0.2, 0.25) is 53.2 Å². The molecule has 0 radical (unpaired) electrons. The average Bonchev–Trinajstić information content (AvgIpc) is 3.60. The number of hydrogen-bond donors (Lipinski definition) is 11. The number of imide groups is 1. The van der Waals surface area contributed by atoms with Crippen LogP contribution in [0.2, 0.25) is 0 Å². The van der Waals surface area contributed by atoms with Crippen LogP contribution < -0.4 is 43.0 Å². The van der Waals surface area contributed by atoms with Crippen molar-refractivity contribution in [1.29, 1.82) is 0 Å². The Morgan fingerprint density at radius 2 is 1.42 bits per heavy atom. The van der Waals surface area contributed by atoms with E-state index in [1.165, 1.54) is 34.6 Å². The van der Waals surface area contributed by atoms with E-state index in [2.05, 4.69) is 37.2 Å². The summed E-state index contributed by atoms with van der Waals surface area (Å²) >= 11 is 0. The maximum Gasteiger partial charge on any atom is 0.331 e. The summed E-state index contributed by atoms with van der Waals surface area (Å²) < 4.78 is 12.7. The molecule has 10 atom stereocenters. The highest BCUT2D eigenvalue weighted by Crippen LogP contribution is 2.27. The monoisotopic (exact) mass is 856 g/mol. The number of aliphatic hydroxyl groups is 3. The molecule has 3 fully saturated rings. The number of rotatable bonds is 19. The Morgan fingerprint density at radius 3 is 2.02 bits per heavy atom. The van der Waals surface area contributed by atoms with Crippen LogP contribution in [0.25, 0.3) is 0 Å². The Hall–Kier alpha value is -6.28. The minimum atomic E-state index is -1.84. The maximum atomic E-state index is 13.1. The van der Waals surface area contributed by atoms with Crippen LogP contribution in [-0.4, -0.2) is 176 Å². The third kappa shape index (κ3) is 12.1. The molecule has 3 saturated heterocycles. The van der Waals surface area contributed by atoms with Crippen LogP contribution >= 0.6 is 0 Å². The summed E-state index contributed by atoms with van der Waals surface area (Å²) in [5.74, 6) is -11.3. The van der Waals surface area contributed by atoms with Gasteiger partial charge in [-0.1, -0.05) is 0 Å². The number of hydrogen-bond acceptors (Lipinski definition) is 16. The number of ether oxygens (including phenoxy) is 1. The molecular formula is C34H50N10O16. The van der Waals surface area contributed by atoms with Crippen molar-refractivity contribution in [2.75, 3.05) is 19.7 Å². The largest absolute Gasteiger partial charge is 0.462 e. The summed E-state index contributed by atoms with van der Waals surface area (Å²) in [5.41, 5.74) is 3.41. The van der Waals surface area contributed by atoms with E-state index in [0.717, 1.165) is 4.90 Å². The molecule has 0 aromatic heterocycles. The number of carbonyl (C=O) groups is 12. The Balaban J connectivity index is 1.47. The van der Waals surface area contributed by atoms with Crippen LogP contribution in [0.5, 0.6) is 0 Å². The number of nitrogens with zero attached hydrogens (tertiary/aromatic N) is 2. The van der Waals surface area contributed by atoms with Gasteiger partial charge in [0.05, 0.1) is 12.5 Å². The van der Waals surface area contributed by atoms with E-state index in [1.807, 2.05) is 0 Å². The Kier molecular flexibility index (Phi) is 15.6. The quantitative estimate of drug-likeness (QED) is 0.0326. The standard InChI is InChI=1S/C34H50N10O16/c1-13(37-19(46)8-9-36-20(47)11-43-21(48)6-7-22(43)49)27(53)38-14(2)28(54)40-16(10-18(35)45)30(56)39-15(3)29(55)42-34(4,5)33(59)60-12-17-23(50)24(51)25(52)26-41-31(57)32(58)44(17)26/h13-17,23-26,50-52H,6-12H2,1-5H3,(H2,35,45)(H,36,47)(H,37,46)(H,38,53)(H,39,56)(H,40,54)(H,41,57)(H,42,55)/t13-,14-,15-,16-,17+,23+,24-,25-,26-/m0/s1/i6T/t6?,13-,14-,15-,16-,17+,23+,24-,25-,26-. The molecule has 0 aromatic rings. The lowest BCUT2D eigenvalue weighted by molar-refractivity contribution is -0.183. The highest BCUT2D eigenvalue weighted by Gasteiger charge is 2.56. The van der Waals surface area contributed by atoms with E-state index in [4.69, 9.17) is 11.8 Å². The SMILES string of the molecule is [3H]C1CC(=O)N(CC(=O)NCCC(=O)N[C@@H](C)C(=O)N[C@@H](C)C(=O)N[C@@H](CC(N)=O)C(=O)N[C@@H](C)C(=O)NC(C)(C)C(=O)OC[C@@H]2[C@@H](O)[C@H](O)[C@H](O)[C@H]3NC(=O)C(=O)N23)C1=O. The van der Waals surface area contributed by atoms with Gasteiger partial charge in [0, 0.05) is 27.2 Å². The number of carbonyl (C=O) groups excluding carboxylic acids is 12. The van der Waals surface area contributed by atoms with Gasteiger partial charge in [0.25, 0.3) is 0 Å². The van der Waals surface area contributed by atoms with Gasteiger partial charge in [-0.15, -0.1) is 0 Å². The topological polar surface area (TPSA) is 391 Å². The number of esters is 1. The van der Waals surface area contributed by atoms with Crippen LogP contribution in [0.3, 0.4) is 0 Å². The molecule has 60 heavy (non-hydrogen) atoms. The number of primary amides is 1. The van der Waals surface area contributed by atoms with Crippen molar-refractivity contribution < 1.29 is 79.0 Å². The van der Waals surface area contributed by atoms with Gasteiger partial charge < -0.3 is 67.9 Å². The van der Waals surface area contributed by atoms with E-state index >= 15 is 0 Å². The van der Waals surface area contributed by atoms with Crippen LogP contribution in [-0.2, 0) is 62.3 Å². The van der Waals surface area contributed by atoms with Crippen molar-refractivity contribution in [3.05, 3.63) is 0 Å². The number of aliphatic hydroxyl groups excluding tert-OH is 3. The molecule has 1 unspecified atom stereocenters. The predicted octanol–water partition coefficient (Wildman–Crippen LogP) is -8.30. The number of fused-ring (bicyclic) bond motifs is 1. The van der Waals surface area contributed by atoms with Gasteiger partial charge in [0.15, 0.2) is 0 Å². The number of nitrogens with one attached hydrogen (secondary N) is 7. The molecule has 3 rings (SSSR count). The minimum absolute atomic E-state index is 0.232. The molecule has 332 valence electrons. The number of likely N-dealkylation sites (tertiary alicyclic amines) is 1. The lowest BCUT2D eigenvalue weighted by Gasteiger charge is -2.44. The lowest BCUT2D eigenvalue weighted by atomic mass is 9.92. The van der Waals surface area contributed by atoms with Crippen molar-refractivity contribution in [3.8, 4) is 0 Å². The molecule has 3 aliphatic heterocycles. The van der Waals surface area contributed by atoms with Crippen molar-refractivity contribution in [2.24, 2.45) is 5.73 Å². The third-order valence-electron chi connectivity index (χ3n) is 9.42. The predicted molar refractivity (Wildman–Crippen MR) is 196 cm³/mol. The molecule has 0 aromatic carbocycles. The molecule has 0 aliphatic carbocycles. The van der Waals surface area contributed by atoms with Crippen LogP contribution in [0.15, 0.2) is 0 Å². The Bertz CT molecular complexity index is 1830. The summed E-state index contributed by atoms with van der Waals surface area (Å²) in [6.07, 6.45) is -9.53. The molecule has 3 aliphatic rings. The van der Waals surface area contributed by atoms with Gasteiger partial charge in [-0.05, 0) is 34.6 Å². The lowest BCUT2D eigenvalue weighted by Crippen LogP contribution is -2.68.